The molecule has 0 bridgehead atoms. The first kappa shape index (κ1) is 21.8. The smallest absolute Gasteiger partial charge is 0.387 e. The molecule has 3 aromatic carbocycles. The standard InChI is InChI=1S/C24H19F2NO4S/c25-24(26)31-19-7-3-1-5-17(19)14-27-18-6-2-4-8-20(18)32-21(22(27)28)13-15-9-11-16(12-10-15)23(29)30/h1-12,21,24H,13-14H2,(H,29,30). The highest BCUT2D eigenvalue weighted by molar-refractivity contribution is 8.01. The minimum Gasteiger partial charge on any atom is -0.478 e. The third-order valence-corrected chi connectivity index (χ3v) is 6.36. The van der Waals surface area contributed by atoms with Crippen molar-refractivity contribution in [1.29, 1.82) is 0 Å². The highest BCUT2D eigenvalue weighted by atomic mass is 32.2. The molecule has 0 aliphatic carbocycles. The zero-order chi connectivity index (χ0) is 22.7. The number of hydrogen-bond donors (Lipinski definition) is 1. The van der Waals surface area contributed by atoms with E-state index >= 15 is 0 Å². The molecule has 0 saturated carbocycles. The summed E-state index contributed by atoms with van der Waals surface area (Å²) in [5.74, 6) is -1.13. The van der Waals surface area contributed by atoms with Gasteiger partial charge in [-0.25, -0.2) is 4.79 Å². The van der Waals surface area contributed by atoms with Gasteiger partial charge in [-0.1, -0.05) is 42.5 Å². The van der Waals surface area contributed by atoms with Gasteiger partial charge in [0.05, 0.1) is 23.0 Å². The quantitative estimate of drug-likeness (QED) is 0.528. The number of carboxylic acid groups (broad SMARTS) is 1. The molecule has 0 spiro atoms. The number of alkyl halides is 2. The number of carbonyl (C=O) groups is 2. The second-order valence-corrected chi connectivity index (χ2v) is 8.44. The molecule has 0 aromatic heterocycles. The van der Waals surface area contributed by atoms with Crippen molar-refractivity contribution in [2.75, 3.05) is 4.90 Å². The van der Waals surface area contributed by atoms with Crippen molar-refractivity contribution in [3.05, 3.63) is 89.5 Å². The normalized spacial score (nSPS) is 15.5. The molecule has 8 heteroatoms. The number of hydrogen-bond acceptors (Lipinski definition) is 4. The number of carbonyl (C=O) groups excluding carboxylic acids is 1. The number of carboxylic acids is 1. The average Bonchev–Trinajstić information content (AvgIpc) is 2.77. The van der Waals surface area contributed by atoms with Crippen LogP contribution in [0.4, 0.5) is 14.5 Å². The van der Waals surface area contributed by atoms with Gasteiger partial charge < -0.3 is 14.7 Å². The SMILES string of the molecule is O=C(O)c1ccc(CC2Sc3ccccc3N(Cc3ccccc3OC(F)F)C2=O)cc1. The average molecular weight is 455 g/mol. The number of ether oxygens (including phenoxy) is 1. The summed E-state index contributed by atoms with van der Waals surface area (Å²) < 4.78 is 30.3. The Hall–Kier alpha value is -3.39. The molecular formula is C24H19F2NO4S. The molecule has 5 nitrogen and oxygen atoms in total. The van der Waals surface area contributed by atoms with Crippen LogP contribution in [0.3, 0.4) is 0 Å². The Morgan fingerprint density at radius 2 is 1.72 bits per heavy atom. The molecule has 32 heavy (non-hydrogen) atoms. The second kappa shape index (κ2) is 9.40. The van der Waals surface area contributed by atoms with E-state index in [2.05, 4.69) is 4.74 Å². The van der Waals surface area contributed by atoms with Crippen molar-refractivity contribution >= 4 is 29.3 Å². The molecule has 0 saturated heterocycles. The lowest BCUT2D eigenvalue weighted by Gasteiger charge is -2.34. The second-order valence-electron chi connectivity index (χ2n) is 7.19. The fourth-order valence-electron chi connectivity index (χ4n) is 3.58. The summed E-state index contributed by atoms with van der Waals surface area (Å²) in [7, 11) is 0. The van der Waals surface area contributed by atoms with E-state index in [4.69, 9.17) is 5.11 Å². The zero-order valence-electron chi connectivity index (χ0n) is 16.8. The first-order chi connectivity index (χ1) is 15.4. The minimum atomic E-state index is -2.96. The van der Waals surface area contributed by atoms with Crippen molar-refractivity contribution in [3.8, 4) is 5.75 Å². The number of rotatable bonds is 7. The lowest BCUT2D eigenvalue weighted by molar-refractivity contribution is -0.118. The maximum Gasteiger partial charge on any atom is 0.387 e. The number of nitrogens with zero attached hydrogens (tertiary/aromatic N) is 1. The van der Waals surface area contributed by atoms with Gasteiger partial charge in [0, 0.05) is 10.5 Å². The van der Waals surface area contributed by atoms with E-state index in [0.717, 1.165) is 10.5 Å². The summed E-state index contributed by atoms with van der Waals surface area (Å²) in [6.45, 7) is -2.87. The molecule has 4 rings (SSSR count). The maximum atomic E-state index is 13.4. The molecule has 1 unspecified atom stereocenters. The molecule has 164 valence electrons. The zero-order valence-corrected chi connectivity index (χ0v) is 17.6. The van der Waals surface area contributed by atoms with E-state index in [0.29, 0.717) is 17.7 Å². The van der Waals surface area contributed by atoms with Crippen LogP contribution >= 0.6 is 11.8 Å². The van der Waals surface area contributed by atoms with Crippen LogP contribution in [0.1, 0.15) is 21.5 Å². The predicted octanol–water partition coefficient (Wildman–Crippen LogP) is 5.24. The van der Waals surface area contributed by atoms with Gasteiger partial charge in [0.15, 0.2) is 0 Å². The van der Waals surface area contributed by atoms with Gasteiger partial charge in [0.25, 0.3) is 0 Å². The number of anilines is 1. The van der Waals surface area contributed by atoms with Gasteiger partial charge in [-0.2, -0.15) is 8.78 Å². The number of benzene rings is 3. The van der Waals surface area contributed by atoms with E-state index in [1.54, 1.807) is 35.2 Å². The van der Waals surface area contributed by atoms with Crippen LogP contribution in [-0.2, 0) is 17.8 Å². The van der Waals surface area contributed by atoms with Crippen LogP contribution in [0.25, 0.3) is 0 Å². The number of halogens is 2. The molecule has 1 heterocycles. The number of aromatic carboxylic acids is 1. The van der Waals surface area contributed by atoms with E-state index in [1.165, 1.54) is 30.0 Å². The van der Waals surface area contributed by atoms with Crippen LogP contribution in [0.2, 0.25) is 0 Å². The highest BCUT2D eigenvalue weighted by Gasteiger charge is 2.34. The monoisotopic (exact) mass is 455 g/mol. The van der Waals surface area contributed by atoms with Crippen LogP contribution in [0.5, 0.6) is 5.75 Å². The summed E-state index contributed by atoms with van der Waals surface area (Å²) in [5.41, 5.74) is 2.21. The van der Waals surface area contributed by atoms with Crippen LogP contribution in [0.15, 0.2) is 77.7 Å². The fourth-order valence-corrected chi connectivity index (χ4v) is 4.85. The van der Waals surface area contributed by atoms with Crippen molar-refractivity contribution in [2.24, 2.45) is 0 Å². The van der Waals surface area contributed by atoms with Gasteiger partial charge in [-0.05, 0) is 42.3 Å². The summed E-state index contributed by atoms with van der Waals surface area (Å²) >= 11 is 1.44. The lowest BCUT2D eigenvalue weighted by Crippen LogP contribution is -2.41. The number of fused-ring (bicyclic) bond motifs is 1. The van der Waals surface area contributed by atoms with Gasteiger partial charge in [-0.15, -0.1) is 11.8 Å². The predicted molar refractivity (Wildman–Crippen MR) is 117 cm³/mol. The van der Waals surface area contributed by atoms with Crippen LogP contribution in [-0.4, -0.2) is 28.8 Å². The Labute approximate surface area is 187 Å². The Bertz CT molecular complexity index is 1140. The van der Waals surface area contributed by atoms with Crippen molar-refractivity contribution < 1.29 is 28.2 Å². The van der Waals surface area contributed by atoms with Crippen LogP contribution in [0, 0.1) is 0 Å². The summed E-state index contributed by atoms with van der Waals surface area (Å²) in [6, 6.07) is 20.3. The molecule has 3 aromatic rings. The summed E-state index contributed by atoms with van der Waals surface area (Å²) in [5, 5.41) is 8.64. The molecule has 0 fully saturated rings. The molecule has 0 radical (unpaired) electrons. The van der Waals surface area contributed by atoms with Crippen LogP contribution < -0.4 is 9.64 Å². The Balaban J connectivity index is 1.62. The Morgan fingerprint density at radius 1 is 1.03 bits per heavy atom. The van der Waals surface area contributed by atoms with Gasteiger partial charge in [0.1, 0.15) is 5.75 Å². The number of amides is 1. The molecule has 1 aliphatic heterocycles. The number of thioether (sulfide) groups is 1. The minimum absolute atomic E-state index is 0.0341. The summed E-state index contributed by atoms with van der Waals surface area (Å²) in [4.78, 5) is 27.0. The molecule has 1 aliphatic rings. The van der Waals surface area contributed by atoms with E-state index < -0.39 is 17.8 Å². The molecule has 1 N–H and O–H groups in total. The molecule has 1 atom stereocenters. The maximum absolute atomic E-state index is 13.4. The van der Waals surface area contributed by atoms with Crippen molar-refractivity contribution in [3.63, 3.8) is 0 Å². The van der Waals surface area contributed by atoms with Crippen molar-refractivity contribution in [1.82, 2.24) is 0 Å². The van der Waals surface area contributed by atoms with Crippen molar-refractivity contribution in [2.45, 2.75) is 29.7 Å². The Morgan fingerprint density at radius 3 is 2.44 bits per heavy atom. The number of para-hydroxylation sites is 2. The largest absolute Gasteiger partial charge is 0.478 e. The third kappa shape index (κ3) is 4.75. The first-order valence-electron chi connectivity index (χ1n) is 9.84. The van der Waals surface area contributed by atoms with Gasteiger partial charge in [0.2, 0.25) is 5.91 Å². The first-order valence-corrected chi connectivity index (χ1v) is 10.7. The van der Waals surface area contributed by atoms with E-state index in [1.807, 2.05) is 24.3 Å². The van der Waals surface area contributed by atoms with E-state index in [9.17, 15) is 18.4 Å². The lowest BCUT2D eigenvalue weighted by atomic mass is 10.1. The molecule has 1 amide bonds. The Kier molecular flexibility index (Phi) is 6.41. The summed E-state index contributed by atoms with van der Waals surface area (Å²) in [6.07, 6.45) is 0.406. The van der Waals surface area contributed by atoms with Gasteiger partial charge in [-0.3, -0.25) is 4.79 Å². The highest BCUT2D eigenvalue weighted by Crippen LogP contribution is 2.41. The molecular weight excluding hydrogens is 436 g/mol. The third-order valence-electron chi connectivity index (χ3n) is 5.11. The topological polar surface area (TPSA) is 66.8 Å². The van der Waals surface area contributed by atoms with Gasteiger partial charge >= 0.3 is 12.6 Å². The fraction of sp³-hybridized carbons (Fsp3) is 0.167. The van der Waals surface area contributed by atoms with E-state index in [-0.39, 0.29) is 23.8 Å².